The second kappa shape index (κ2) is 9.01. The first kappa shape index (κ1) is 19.4. The molecular weight excluding hydrogens is 372 g/mol. The highest BCUT2D eigenvalue weighted by Gasteiger charge is 2.13. The third-order valence-electron chi connectivity index (χ3n) is 3.89. The highest BCUT2D eigenvalue weighted by Crippen LogP contribution is 2.27. The molecule has 2 aromatic carbocycles. The molecule has 0 unspecified atom stereocenters. The highest BCUT2D eigenvalue weighted by molar-refractivity contribution is 7.16. The number of primary amides is 1. The van der Waals surface area contributed by atoms with Crippen LogP contribution < -0.4 is 15.8 Å². The van der Waals surface area contributed by atoms with Crippen molar-refractivity contribution in [1.82, 2.24) is 0 Å². The number of amides is 2. The lowest BCUT2D eigenvalue weighted by Gasteiger charge is -2.07. The van der Waals surface area contributed by atoms with Gasteiger partial charge in [0.2, 0.25) is 5.91 Å². The Kier molecular flexibility index (Phi) is 6.24. The molecule has 0 spiro atoms. The summed E-state index contributed by atoms with van der Waals surface area (Å²) < 4.78 is 5.80. The van der Waals surface area contributed by atoms with E-state index >= 15 is 0 Å². The fourth-order valence-electron chi connectivity index (χ4n) is 2.56. The summed E-state index contributed by atoms with van der Waals surface area (Å²) in [7, 11) is 0. The normalized spacial score (nSPS) is 10.8. The van der Waals surface area contributed by atoms with Gasteiger partial charge in [0.1, 0.15) is 17.4 Å². The summed E-state index contributed by atoms with van der Waals surface area (Å²) in [5.41, 5.74) is 7.57. The van der Waals surface area contributed by atoms with Gasteiger partial charge in [0, 0.05) is 11.0 Å². The molecule has 2 amide bonds. The van der Waals surface area contributed by atoms with E-state index in [0.29, 0.717) is 17.2 Å². The average molecular weight is 392 g/mol. The van der Waals surface area contributed by atoms with Gasteiger partial charge in [-0.1, -0.05) is 42.5 Å². The minimum Gasteiger partial charge on any atom is -0.489 e. The van der Waals surface area contributed by atoms with E-state index in [-0.39, 0.29) is 5.91 Å². The minimum absolute atomic E-state index is 0.320. The third-order valence-corrected chi connectivity index (χ3v) is 4.86. The fourth-order valence-corrected chi connectivity index (χ4v) is 3.48. The standard InChI is InChI=1S/C22H20N2O3S/c1-15-12-19(21(23)26)22(28-15)24-20(25)11-10-16-8-5-9-18(13-16)27-14-17-6-3-2-4-7-17/h2-13H,14H2,1H3,(H2,23,26)(H,24,25)/b11-10+. The number of benzene rings is 2. The van der Waals surface area contributed by atoms with Crippen LogP contribution in [0, 0.1) is 6.92 Å². The van der Waals surface area contributed by atoms with E-state index in [1.165, 1.54) is 17.4 Å². The van der Waals surface area contributed by atoms with Crippen LogP contribution in [0.4, 0.5) is 5.00 Å². The van der Waals surface area contributed by atoms with Crippen molar-refractivity contribution in [3.8, 4) is 5.75 Å². The Hall–Kier alpha value is -3.38. The maximum atomic E-state index is 12.2. The lowest BCUT2D eigenvalue weighted by Crippen LogP contribution is -2.14. The fraction of sp³-hybridized carbons (Fsp3) is 0.0909. The van der Waals surface area contributed by atoms with Crippen molar-refractivity contribution >= 4 is 34.2 Å². The molecule has 3 N–H and O–H groups in total. The number of thiophene rings is 1. The molecule has 5 nitrogen and oxygen atoms in total. The molecule has 0 aliphatic heterocycles. The molecule has 0 aliphatic carbocycles. The first-order valence-electron chi connectivity index (χ1n) is 8.67. The van der Waals surface area contributed by atoms with Crippen LogP contribution in [0.5, 0.6) is 5.75 Å². The Bertz CT molecular complexity index is 1010. The van der Waals surface area contributed by atoms with Gasteiger partial charge in [-0.15, -0.1) is 11.3 Å². The number of carbonyl (C=O) groups excluding carboxylic acids is 2. The van der Waals surface area contributed by atoms with Crippen molar-refractivity contribution in [1.29, 1.82) is 0 Å². The SMILES string of the molecule is Cc1cc(C(N)=O)c(NC(=O)/C=C/c2cccc(OCc3ccccc3)c2)s1. The van der Waals surface area contributed by atoms with Gasteiger partial charge in [-0.2, -0.15) is 0 Å². The molecule has 28 heavy (non-hydrogen) atoms. The maximum absolute atomic E-state index is 12.2. The first-order valence-corrected chi connectivity index (χ1v) is 9.49. The summed E-state index contributed by atoms with van der Waals surface area (Å²) >= 11 is 1.31. The zero-order valence-electron chi connectivity index (χ0n) is 15.3. The highest BCUT2D eigenvalue weighted by atomic mass is 32.1. The molecule has 1 heterocycles. The second-order valence-corrected chi connectivity index (χ2v) is 7.39. The predicted octanol–water partition coefficient (Wildman–Crippen LogP) is 4.39. The van der Waals surface area contributed by atoms with Gasteiger partial charge in [-0.05, 0) is 42.3 Å². The van der Waals surface area contributed by atoms with Crippen molar-refractivity contribution in [3.63, 3.8) is 0 Å². The van der Waals surface area contributed by atoms with Gasteiger partial charge < -0.3 is 15.8 Å². The van der Waals surface area contributed by atoms with Crippen LogP contribution in [0.15, 0.2) is 66.7 Å². The summed E-state index contributed by atoms with van der Waals surface area (Å²) in [6.45, 7) is 2.33. The van der Waals surface area contributed by atoms with Crippen LogP contribution in [0.1, 0.15) is 26.4 Å². The van der Waals surface area contributed by atoms with Crippen molar-refractivity contribution < 1.29 is 14.3 Å². The molecule has 0 aliphatic rings. The molecule has 0 bridgehead atoms. The van der Waals surface area contributed by atoms with Gasteiger partial charge in [0.15, 0.2) is 0 Å². The Labute approximate surface area is 167 Å². The van der Waals surface area contributed by atoms with E-state index in [1.807, 2.05) is 61.5 Å². The molecule has 1 aromatic heterocycles. The number of hydrogen-bond donors (Lipinski definition) is 2. The van der Waals surface area contributed by atoms with E-state index in [9.17, 15) is 9.59 Å². The summed E-state index contributed by atoms with van der Waals surface area (Å²) in [6.07, 6.45) is 3.10. The number of carbonyl (C=O) groups is 2. The second-order valence-electron chi connectivity index (χ2n) is 6.13. The molecule has 6 heteroatoms. The monoisotopic (exact) mass is 392 g/mol. The van der Waals surface area contributed by atoms with Crippen molar-refractivity contribution in [2.75, 3.05) is 5.32 Å². The topological polar surface area (TPSA) is 81.4 Å². The van der Waals surface area contributed by atoms with Crippen molar-refractivity contribution in [3.05, 3.63) is 88.3 Å². The van der Waals surface area contributed by atoms with Crippen LogP contribution in [-0.4, -0.2) is 11.8 Å². The average Bonchev–Trinajstić information content (AvgIpc) is 3.06. The van der Waals surface area contributed by atoms with E-state index in [1.54, 1.807) is 12.1 Å². The minimum atomic E-state index is -0.563. The number of nitrogens with one attached hydrogen (secondary N) is 1. The summed E-state index contributed by atoms with van der Waals surface area (Å²) in [5.74, 6) is -0.178. The van der Waals surface area contributed by atoms with E-state index in [0.717, 1.165) is 21.8 Å². The lowest BCUT2D eigenvalue weighted by molar-refractivity contribution is -0.111. The number of hydrogen-bond acceptors (Lipinski definition) is 4. The number of aryl methyl sites for hydroxylation is 1. The van der Waals surface area contributed by atoms with Gasteiger partial charge in [-0.25, -0.2) is 0 Å². The lowest BCUT2D eigenvalue weighted by atomic mass is 10.2. The van der Waals surface area contributed by atoms with E-state index < -0.39 is 5.91 Å². The molecule has 3 aromatic rings. The maximum Gasteiger partial charge on any atom is 0.251 e. The quantitative estimate of drug-likeness (QED) is 0.585. The molecule has 3 rings (SSSR count). The summed E-state index contributed by atoms with van der Waals surface area (Å²) in [6, 6.07) is 19.0. The number of ether oxygens (including phenoxy) is 1. The van der Waals surface area contributed by atoms with Gasteiger partial charge in [-0.3, -0.25) is 9.59 Å². The van der Waals surface area contributed by atoms with Crippen LogP contribution in [0.25, 0.3) is 6.08 Å². The molecule has 0 atom stereocenters. The Balaban J connectivity index is 1.62. The molecule has 0 fully saturated rings. The zero-order valence-corrected chi connectivity index (χ0v) is 16.2. The number of anilines is 1. The Morgan fingerprint density at radius 1 is 1.11 bits per heavy atom. The van der Waals surface area contributed by atoms with E-state index in [4.69, 9.17) is 10.5 Å². The Morgan fingerprint density at radius 2 is 1.89 bits per heavy atom. The summed E-state index contributed by atoms with van der Waals surface area (Å²) in [4.78, 5) is 24.5. The predicted molar refractivity (Wildman–Crippen MR) is 112 cm³/mol. The zero-order chi connectivity index (χ0) is 19.9. The van der Waals surface area contributed by atoms with Crippen LogP contribution in [0.3, 0.4) is 0 Å². The Morgan fingerprint density at radius 3 is 2.64 bits per heavy atom. The van der Waals surface area contributed by atoms with E-state index in [2.05, 4.69) is 5.32 Å². The van der Waals surface area contributed by atoms with Crippen LogP contribution >= 0.6 is 11.3 Å². The van der Waals surface area contributed by atoms with Gasteiger partial charge in [0.25, 0.3) is 5.91 Å². The third kappa shape index (κ3) is 5.31. The summed E-state index contributed by atoms with van der Waals surface area (Å²) in [5, 5.41) is 3.16. The molecule has 0 saturated carbocycles. The van der Waals surface area contributed by atoms with Gasteiger partial charge >= 0.3 is 0 Å². The van der Waals surface area contributed by atoms with Crippen LogP contribution in [-0.2, 0) is 11.4 Å². The van der Waals surface area contributed by atoms with Crippen molar-refractivity contribution in [2.24, 2.45) is 5.73 Å². The molecule has 0 radical (unpaired) electrons. The number of nitrogens with two attached hydrogens (primary N) is 1. The molecule has 142 valence electrons. The van der Waals surface area contributed by atoms with Gasteiger partial charge in [0.05, 0.1) is 5.56 Å². The molecule has 0 saturated heterocycles. The largest absolute Gasteiger partial charge is 0.489 e. The molecular formula is C22H20N2O3S. The smallest absolute Gasteiger partial charge is 0.251 e. The van der Waals surface area contributed by atoms with Crippen molar-refractivity contribution in [2.45, 2.75) is 13.5 Å². The number of rotatable bonds is 7. The van der Waals surface area contributed by atoms with Crippen LogP contribution in [0.2, 0.25) is 0 Å². The first-order chi connectivity index (χ1) is 13.5.